The number of aliphatic hydroxyl groups is 1. The van der Waals surface area contributed by atoms with Crippen molar-refractivity contribution in [3.63, 3.8) is 0 Å². The number of halogens is 1. The fourth-order valence-electron chi connectivity index (χ4n) is 2.39. The lowest BCUT2D eigenvalue weighted by molar-refractivity contribution is 0.0883. The number of nitrogens with zero attached hydrogens (tertiary/aromatic N) is 1. The molecule has 1 saturated heterocycles. The number of aliphatic hydroxyl groups excluding tert-OH is 1. The average molecular weight is 370 g/mol. The molecular formula is C15H15FN2O6S. The van der Waals surface area contributed by atoms with Crippen molar-refractivity contribution in [2.75, 3.05) is 11.5 Å². The molecule has 1 aliphatic heterocycles. The van der Waals surface area contributed by atoms with E-state index >= 15 is 0 Å². The van der Waals surface area contributed by atoms with E-state index in [0.29, 0.717) is 0 Å². The Hall–Kier alpha value is -2.46. The van der Waals surface area contributed by atoms with Gasteiger partial charge in [0.15, 0.2) is 22.1 Å². The number of sulfone groups is 1. The third kappa shape index (κ3) is 4.34. The van der Waals surface area contributed by atoms with Crippen LogP contribution in [0.4, 0.5) is 4.39 Å². The van der Waals surface area contributed by atoms with E-state index in [1.54, 1.807) is 6.07 Å². The number of amides is 1. The Kier molecular flexibility index (Phi) is 4.73. The molecule has 25 heavy (non-hydrogen) atoms. The molecule has 1 aromatic heterocycles. The van der Waals surface area contributed by atoms with Crippen molar-refractivity contribution in [2.24, 2.45) is 0 Å². The summed E-state index contributed by atoms with van der Waals surface area (Å²) in [5.74, 6) is -1.45. The molecule has 0 radical (unpaired) electrons. The second-order valence-corrected chi connectivity index (χ2v) is 7.75. The van der Waals surface area contributed by atoms with Gasteiger partial charge in [-0.3, -0.25) is 4.79 Å². The maximum absolute atomic E-state index is 13.0. The summed E-state index contributed by atoms with van der Waals surface area (Å²) in [4.78, 5) is 16.0. The van der Waals surface area contributed by atoms with Crippen LogP contribution in [0.25, 0.3) is 0 Å². The van der Waals surface area contributed by atoms with E-state index in [0.717, 1.165) is 6.26 Å². The summed E-state index contributed by atoms with van der Waals surface area (Å²) in [5, 5.41) is 12.1. The third-order valence-electron chi connectivity index (χ3n) is 3.58. The number of rotatable bonds is 5. The number of ether oxygens (including phenoxy) is 1. The lowest BCUT2D eigenvalue weighted by atomic mass is 10.2. The SMILES string of the molecule is O=C(N[C@@H]1CS(=O)(=O)C[C@H]1O)c1coc(COc2cccc(F)c2)n1. The molecule has 8 nitrogen and oxygen atoms in total. The van der Waals surface area contributed by atoms with Crippen molar-refractivity contribution in [3.05, 3.63) is 47.9 Å². The van der Waals surface area contributed by atoms with Gasteiger partial charge in [-0.25, -0.2) is 17.8 Å². The second kappa shape index (κ2) is 6.81. The van der Waals surface area contributed by atoms with Crippen molar-refractivity contribution in [2.45, 2.75) is 18.8 Å². The summed E-state index contributed by atoms with van der Waals surface area (Å²) in [5.41, 5.74) is -0.0747. The van der Waals surface area contributed by atoms with Crippen molar-refractivity contribution in [1.82, 2.24) is 10.3 Å². The second-order valence-electron chi connectivity index (χ2n) is 5.60. The van der Waals surface area contributed by atoms with Gasteiger partial charge in [0.05, 0.1) is 23.7 Å². The van der Waals surface area contributed by atoms with Crippen molar-refractivity contribution >= 4 is 15.7 Å². The van der Waals surface area contributed by atoms with Crippen molar-refractivity contribution < 1.29 is 31.9 Å². The molecule has 0 spiro atoms. The van der Waals surface area contributed by atoms with Crippen LogP contribution in [-0.2, 0) is 16.4 Å². The van der Waals surface area contributed by atoms with Gasteiger partial charge in [0.25, 0.3) is 5.91 Å². The van der Waals surface area contributed by atoms with E-state index in [1.165, 1.54) is 18.2 Å². The molecular weight excluding hydrogens is 355 g/mol. The number of aromatic nitrogens is 1. The van der Waals surface area contributed by atoms with Crippen LogP contribution in [0.5, 0.6) is 5.75 Å². The molecule has 2 heterocycles. The summed E-state index contributed by atoms with van der Waals surface area (Å²) in [6.45, 7) is -0.114. The molecule has 0 unspecified atom stereocenters. The Morgan fingerprint density at radius 3 is 2.92 bits per heavy atom. The van der Waals surface area contributed by atoms with E-state index in [4.69, 9.17) is 9.15 Å². The number of nitrogens with one attached hydrogen (secondary N) is 1. The van der Waals surface area contributed by atoms with E-state index in [1.807, 2.05) is 0 Å². The number of benzene rings is 1. The van der Waals surface area contributed by atoms with Gasteiger partial charge in [0.2, 0.25) is 5.89 Å². The van der Waals surface area contributed by atoms with Crippen LogP contribution >= 0.6 is 0 Å². The molecule has 3 rings (SSSR count). The molecule has 1 aromatic carbocycles. The summed E-state index contributed by atoms with van der Waals surface area (Å²) in [6, 6.07) is 4.62. The molecule has 0 saturated carbocycles. The van der Waals surface area contributed by atoms with Crippen LogP contribution in [0.3, 0.4) is 0 Å². The highest BCUT2D eigenvalue weighted by atomic mass is 32.2. The van der Waals surface area contributed by atoms with Crippen LogP contribution in [0.15, 0.2) is 34.9 Å². The normalized spacial score (nSPS) is 21.8. The highest BCUT2D eigenvalue weighted by Crippen LogP contribution is 2.15. The lowest BCUT2D eigenvalue weighted by Gasteiger charge is -2.13. The Morgan fingerprint density at radius 1 is 1.44 bits per heavy atom. The van der Waals surface area contributed by atoms with Gasteiger partial charge >= 0.3 is 0 Å². The van der Waals surface area contributed by atoms with Crippen LogP contribution < -0.4 is 10.1 Å². The minimum absolute atomic E-state index is 0.0747. The Morgan fingerprint density at radius 2 is 2.24 bits per heavy atom. The van der Waals surface area contributed by atoms with E-state index < -0.39 is 33.7 Å². The highest BCUT2D eigenvalue weighted by molar-refractivity contribution is 7.91. The topological polar surface area (TPSA) is 119 Å². The molecule has 1 amide bonds. The molecule has 0 aliphatic carbocycles. The van der Waals surface area contributed by atoms with Gasteiger partial charge in [0.1, 0.15) is 17.8 Å². The maximum Gasteiger partial charge on any atom is 0.273 e. The standard InChI is InChI=1S/C15H15FN2O6S/c16-9-2-1-3-10(4-9)23-6-14-17-11(5-24-14)15(20)18-12-7-25(21,22)8-13(12)19/h1-5,12-13,19H,6-8H2,(H,18,20)/t12-,13-/m1/s1. The van der Waals surface area contributed by atoms with Crippen LogP contribution in [0.1, 0.15) is 16.4 Å². The van der Waals surface area contributed by atoms with Crippen molar-refractivity contribution in [1.29, 1.82) is 0 Å². The van der Waals surface area contributed by atoms with Crippen LogP contribution in [0, 0.1) is 5.82 Å². The fraction of sp³-hybridized carbons (Fsp3) is 0.333. The van der Waals surface area contributed by atoms with Gasteiger partial charge in [0, 0.05) is 6.07 Å². The molecule has 1 aliphatic rings. The van der Waals surface area contributed by atoms with E-state index in [-0.39, 0.29) is 35.4 Å². The Bertz CT molecular complexity index is 882. The first-order valence-corrected chi connectivity index (χ1v) is 9.17. The molecule has 1 fully saturated rings. The molecule has 10 heteroatoms. The summed E-state index contributed by atoms with van der Waals surface area (Å²) >= 11 is 0. The molecule has 134 valence electrons. The highest BCUT2D eigenvalue weighted by Gasteiger charge is 2.37. The minimum Gasteiger partial charge on any atom is -0.484 e. The third-order valence-corrected chi connectivity index (χ3v) is 5.30. The minimum atomic E-state index is -3.37. The molecule has 2 N–H and O–H groups in total. The summed E-state index contributed by atoms with van der Waals surface area (Å²) < 4.78 is 46.3. The van der Waals surface area contributed by atoms with Crippen LogP contribution in [-0.4, -0.2) is 48.1 Å². The Balaban J connectivity index is 1.58. The van der Waals surface area contributed by atoms with Crippen molar-refractivity contribution in [3.8, 4) is 5.75 Å². The number of oxazole rings is 1. The number of hydrogen-bond donors (Lipinski definition) is 2. The van der Waals surface area contributed by atoms with E-state index in [9.17, 15) is 22.7 Å². The van der Waals surface area contributed by atoms with Gasteiger partial charge in [-0.15, -0.1) is 0 Å². The predicted octanol–water partition coefficient (Wildman–Crippen LogP) is 0.280. The monoisotopic (exact) mass is 370 g/mol. The largest absolute Gasteiger partial charge is 0.484 e. The Labute approximate surface area is 142 Å². The zero-order valence-electron chi connectivity index (χ0n) is 12.9. The first-order chi connectivity index (χ1) is 11.8. The smallest absolute Gasteiger partial charge is 0.273 e. The van der Waals surface area contributed by atoms with Gasteiger partial charge < -0.3 is 19.6 Å². The predicted molar refractivity (Wildman–Crippen MR) is 83.1 cm³/mol. The summed E-state index contributed by atoms with van der Waals surface area (Å²) in [7, 11) is -3.37. The molecule has 0 bridgehead atoms. The maximum atomic E-state index is 13.0. The van der Waals surface area contributed by atoms with E-state index in [2.05, 4.69) is 10.3 Å². The number of hydrogen-bond acceptors (Lipinski definition) is 7. The molecule has 2 atom stereocenters. The van der Waals surface area contributed by atoms with Gasteiger partial charge in [-0.1, -0.05) is 6.07 Å². The quantitative estimate of drug-likeness (QED) is 0.776. The zero-order valence-corrected chi connectivity index (χ0v) is 13.7. The fourth-order valence-corrected chi connectivity index (χ4v) is 4.13. The van der Waals surface area contributed by atoms with Gasteiger partial charge in [-0.2, -0.15) is 0 Å². The average Bonchev–Trinajstić information content (AvgIpc) is 3.10. The number of carbonyl (C=O) groups is 1. The van der Waals surface area contributed by atoms with Gasteiger partial charge in [-0.05, 0) is 12.1 Å². The van der Waals surface area contributed by atoms with Crippen LogP contribution in [0.2, 0.25) is 0 Å². The number of carbonyl (C=O) groups excluding carboxylic acids is 1. The first-order valence-electron chi connectivity index (χ1n) is 7.34. The summed E-state index contributed by atoms with van der Waals surface area (Å²) in [6.07, 6.45) is -0.0632. The first kappa shape index (κ1) is 17.4. The zero-order chi connectivity index (χ0) is 18.0. The lowest BCUT2D eigenvalue weighted by Crippen LogP contribution is -2.42. The molecule has 2 aromatic rings.